The second kappa shape index (κ2) is 8.56. The predicted molar refractivity (Wildman–Crippen MR) is 119 cm³/mol. The van der Waals surface area contributed by atoms with E-state index < -0.39 is 16.0 Å². The van der Waals surface area contributed by atoms with Crippen LogP contribution in [0, 0.1) is 0 Å². The molecule has 0 atom stereocenters. The van der Waals surface area contributed by atoms with Crippen LogP contribution in [0.25, 0.3) is 11.1 Å². The second-order valence-electron chi connectivity index (χ2n) is 6.76. The maximum Gasteiger partial charge on any atom is 0.344 e. The highest BCUT2D eigenvalue weighted by atomic mass is 32.2. The molecular weight excluding hydrogens is 430 g/mol. The Kier molecular flexibility index (Phi) is 5.65. The molecule has 8 nitrogen and oxygen atoms in total. The van der Waals surface area contributed by atoms with E-state index in [1.54, 1.807) is 24.3 Å². The minimum Gasteiger partial charge on any atom is -0.497 e. The topological polar surface area (TPSA) is 114 Å². The van der Waals surface area contributed by atoms with Crippen LogP contribution in [0.3, 0.4) is 0 Å². The quantitative estimate of drug-likeness (QED) is 0.448. The standard InChI is InChI=1S/C23H19N3O5S/c1-30-19-11-13-20(14-12-19)32(28,29)26-21(24)15-22(25-26)31-23(27)18-9-7-17(8-10-18)16-5-3-2-4-6-16/h2-15H,24H2,1H3. The third-order valence-electron chi connectivity index (χ3n) is 4.69. The largest absolute Gasteiger partial charge is 0.497 e. The number of nitrogens with zero attached hydrogens (tertiary/aromatic N) is 2. The molecule has 9 heteroatoms. The van der Waals surface area contributed by atoms with Crippen molar-refractivity contribution in [1.82, 2.24) is 9.19 Å². The Morgan fingerprint density at radius 3 is 2.16 bits per heavy atom. The van der Waals surface area contributed by atoms with Gasteiger partial charge in [-0.05, 0) is 47.5 Å². The fraction of sp³-hybridized carbons (Fsp3) is 0.0435. The summed E-state index contributed by atoms with van der Waals surface area (Å²) in [5.41, 5.74) is 8.07. The van der Waals surface area contributed by atoms with Crippen LogP contribution < -0.4 is 15.2 Å². The number of aromatic nitrogens is 2. The molecular formula is C23H19N3O5S. The number of carbonyl (C=O) groups is 1. The third-order valence-corrected chi connectivity index (χ3v) is 6.31. The van der Waals surface area contributed by atoms with E-state index in [0.717, 1.165) is 11.1 Å². The predicted octanol–water partition coefficient (Wildman–Crippen LogP) is 3.60. The van der Waals surface area contributed by atoms with Crippen molar-refractivity contribution in [2.45, 2.75) is 4.90 Å². The molecule has 0 saturated carbocycles. The van der Waals surface area contributed by atoms with Gasteiger partial charge < -0.3 is 15.2 Å². The summed E-state index contributed by atoms with van der Waals surface area (Å²) in [6, 6.07) is 23.5. The van der Waals surface area contributed by atoms with Gasteiger partial charge in [-0.25, -0.2) is 4.79 Å². The van der Waals surface area contributed by atoms with E-state index >= 15 is 0 Å². The van der Waals surface area contributed by atoms with Crippen molar-refractivity contribution in [1.29, 1.82) is 0 Å². The van der Waals surface area contributed by atoms with Crippen molar-refractivity contribution in [3.8, 4) is 22.8 Å². The average molecular weight is 449 g/mol. The second-order valence-corrected chi connectivity index (χ2v) is 8.53. The Balaban J connectivity index is 1.53. The number of esters is 1. The minimum absolute atomic E-state index is 0.0394. The molecule has 0 aliphatic carbocycles. The maximum atomic E-state index is 12.8. The minimum atomic E-state index is -4.08. The third kappa shape index (κ3) is 4.19. The summed E-state index contributed by atoms with van der Waals surface area (Å²) in [4.78, 5) is 12.5. The normalized spacial score (nSPS) is 11.2. The molecule has 0 aliphatic rings. The van der Waals surface area contributed by atoms with Crippen LogP contribution in [0.15, 0.2) is 89.8 Å². The number of benzene rings is 3. The number of rotatable bonds is 6. The van der Waals surface area contributed by atoms with Crippen molar-refractivity contribution in [3.05, 3.63) is 90.5 Å². The molecule has 4 aromatic rings. The molecule has 4 rings (SSSR count). The number of hydrogen-bond donors (Lipinski definition) is 1. The van der Waals surface area contributed by atoms with Gasteiger partial charge in [-0.1, -0.05) is 42.5 Å². The van der Waals surface area contributed by atoms with Crippen LogP contribution in [0.5, 0.6) is 11.6 Å². The van der Waals surface area contributed by atoms with Crippen LogP contribution >= 0.6 is 0 Å². The summed E-state index contributed by atoms with van der Waals surface area (Å²) in [5, 5.41) is 3.86. The van der Waals surface area contributed by atoms with Gasteiger partial charge in [-0.3, -0.25) is 0 Å². The molecule has 0 spiro atoms. The lowest BCUT2D eigenvalue weighted by Crippen LogP contribution is -2.17. The zero-order valence-corrected chi connectivity index (χ0v) is 17.8. The molecule has 162 valence electrons. The SMILES string of the molecule is COc1ccc(S(=O)(=O)n2nc(OC(=O)c3ccc(-c4ccccc4)cc3)cc2N)cc1. The summed E-state index contributed by atoms with van der Waals surface area (Å²) in [5.74, 6) is -0.596. The van der Waals surface area contributed by atoms with Crippen molar-refractivity contribution in [3.63, 3.8) is 0 Å². The van der Waals surface area contributed by atoms with Crippen molar-refractivity contribution in [2.24, 2.45) is 0 Å². The van der Waals surface area contributed by atoms with Gasteiger partial charge in [0.25, 0.3) is 10.0 Å². The summed E-state index contributed by atoms with van der Waals surface area (Å²) >= 11 is 0. The van der Waals surface area contributed by atoms with Gasteiger partial charge in [-0.2, -0.15) is 8.42 Å². The first-order chi connectivity index (χ1) is 15.4. The van der Waals surface area contributed by atoms with E-state index in [-0.39, 0.29) is 22.2 Å². The Morgan fingerprint density at radius 1 is 0.906 bits per heavy atom. The van der Waals surface area contributed by atoms with E-state index in [0.29, 0.717) is 9.84 Å². The van der Waals surface area contributed by atoms with Gasteiger partial charge in [0.05, 0.1) is 17.6 Å². The lowest BCUT2D eigenvalue weighted by Gasteiger charge is -2.07. The summed E-state index contributed by atoms with van der Waals surface area (Å²) in [6.07, 6.45) is 0. The smallest absolute Gasteiger partial charge is 0.344 e. The fourth-order valence-electron chi connectivity index (χ4n) is 3.03. The van der Waals surface area contributed by atoms with Crippen LogP contribution in [0.2, 0.25) is 0 Å². The number of nitrogen functional groups attached to an aromatic ring is 1. The molecule has 0 bridgehead atoms. The number of methoxy groups -OCH3 is 1. The first kappa shape index (κ1) is 21.1. The molecule has 2 N–H and O–H groups in total. The number of nitrogens with two attached hydrogens (primary N) is 1. The highest BCUT2D eigenvalue weighted by Gasteiger charge is 2.23. The van der Waals surface area contributed by atoms with Gasteiger partial charge >= 0.3 is 5.97 Å². The number of anilines is 1. The Hall–Kier alpha value is -4.11. The zero-order chi connectivity index (χ0) is 22.7. The van der Waals surface area contributed by atoms with E-state index in [1.165, 1.54) is 37.4 Å². The molecule has 0 amide bonds. The van der Waals surface area contributed by atoms with Gasteiger partial charge in [0, 0.05) is 6.07 Å². The molecule has 3 aromatic carbocycles. The number of ether oxygens (including phenoxy) is 2. The highest BCUT2D eigenvalue weighted by Crippen LogP contribution is 2.24. The molecule has 1 heterocycles. The zero-order valence-electron chi connectivity index (χ0n) is 17.0. The van der Waals surface area contributed by atoms with Crippen LogP contribution in [0.1, 0.15) is 10.4 Å². The fourth-order valence-corrected chi connectivity index (χ4v) is 4.23. The monoisotopic (exact) mass is 449 g/mol. The molecule has 1 aromatic heterocycles. The lowest BCUT2D eigenvalue weighted by atomic mass is 10.0. The van der Waals surface area contributed by atoms with Gasteiger partial charge in [0.1, 0.15) is 11.6 Å². The molecule has 32 heavy (non-hydrogen) atoms. The molecule has 0 fully saturated rings. The Morgan fingerprint density at radius 2 is 1.53 bits per heavy atom. The van der Waals surface area contributed by atoms with Crippen LogP contribution in [0.4, 0.5) is 5.82 Å². The van der Waals surface area contributed by atoms with E-state index in [9.17, 15) is 13.2 Å². The van der Waals surface area contributed by atoms with E-state index in [4.69, 9.17) is 15.2 Å². The summed E-state index contributed by atoms with van der Waals surface area (Å²) in [6.45, 7) is 0. The van der Waals surface area contributed by atoms with Crippen molar-refractivity contribution >= 4 is 21.8 Å². The van der Waals surface area contributed by atoms with Crippen LogP contribution in [-0.4, -0.2) is 30.7 Å². The van der Waals surface area contributed by atoms with Crippen molar-refractivity contribution in [2.75, 3.05) is 12.8 Å². The molecule has 0 radical (unpaired) electrons. The first-order valence-corrected chi connectivity index (χ1v) is 11.0. The maximum absolute atomic E-state index is 12.8. The van der Waals surface area contributed by atoms with Gasteiger partial charge in [0.15, 0.2) is 0 Å². The molecule has 0 unspecified atom stereocenters. The Labute approximate surface area is 184 Å². The lowest BCUT2D eigenvalue weighted by molar-refractivity contribution is 0.0727. The average Bonchev–Trinajstić information content (AvgIpc) is 3.20. The van der Waals surface area contributed by atoms with E-state index in [2.05, 4.69) is 5.10 Å². The van der Waals surface area contributed by atoms with Gasteiger partial charge in [-0.15, -0.1) is 9.19 Å². The van der Waals surface area contributed by atoms with Gasteiger partial charge in [0.2, 0.25) is 5.88 Å². The number of hydrogen-bond acceptors (Lipinski definition) is 7. The van der Waals surface area contributed by atoms with Crippen molar-refractivity contribution < 1.29 is 22.7 Å². The first-order valence-electron chi connectivity index (χ1n) is 9.51. The molecule has 0 aliphatic heterocycles. The highest BCUT2D eigenvalue weighted by molar-refractivity contribution is 7.90. The van der Waals surface area contributed by atoms with E-state index in [1.807, 2.05) is 30.3 Å². The molecule has 0 saturated heterocycles. The summed E-state index contributed by atoms with van der Waals surface area (Å²) < 4.78 is 36.6. The Bertz CT molecular complexity index is 1350. The summed E-state index contributed by atoms with van der Waals surface area (Å²) in [7, 11) is -2.60. The van der Waals surface area contributed by atoms with Crippen LogP contribution in [-0.2, 0) is 10.0 Å². The number of carbonyl (C=O) groups excluding carboxylic acids is 1.